The summed E-state index contributed by atoms with van der Waals surface area (Å²) < 4.78 is 0. The highest BCUT2D eigenvalue weighted by Crippen LogP contribution is 2.34. The Kier molecular flexibility index (Phi) is 6.32. The van der Waals surface area contributed by atoms with Crippen LogP contribution in [0.25, 0.3) is 0 Å². The van der Waals surface area contributed by atoms with Gasteiger partial charge in [0.05, 0.1) is 0 Å². The van der Waals surface area contributed by atoms with Crippen LogP contribution >= 0.6 is 0 Å². The molecule has 1 N–H and O–H groups in total. The molecule has 1 fully saturated rings. The molecule has 0 aromatic carbocycles. The van der Waals surface area contributed by atoms with E-state index in [-0.39, 0.29) is 0 Å². The third kappa shape index (κ3) is 5.83. The van der Waals surface area contributed by atoms with Crippen molar-refractivity contribution in [3.63, 3.8) is 0 Å². The third-order valence-electron chi connectivity index (χ3n) is 4.41. The van der Waals surface area contributed by atoms with E-state index in [9.17, 15) is 0 Å². The monoisotopic (exact) mass is 268 g/mol. The lowest BCUT2D eigenvalue weighted by atomic mass is 9.72. The lowest BCUT2D eigenvalue weighted by molar-refractivity contribution is 0.0981. The zero-order chi connectivity index (χ0) is 14.6. The van der Waals surface area contributed by atoms with E-state index in [1.165, 1.54) is 25.9 Å². The van der Waals surface area contributed by atoms with Gasteiger partial charge in [0, 0.05) is 19.1 Å². The van der Waals surface area contributed by atoms with Crippen LogP contribution in [-0.4, -0.2) is 37.6 Å². The minimum Gasteiger partial charge on any atom is -0.314 e. The summed E-state index contributed by atoms with van der Waals surface area (Å²) in [6, 6.07) is 0.714. The van der Waals surface area contributed by atoms with Crippen LogP contribution in [0.5, 0.6) is 0 Å². The zero-order valence-corrected chi connectivity index (χ0v) is 14.3. The van der Waals surface area contributed by atoms with Crippen LogP contribution in [0, 0.1) is 23.2 Å². The normalized spacial score (nSPS) is 32.8. The lowest BCUT2D eigenvalue weighted by Gasteiger charge is -2.42. The van der Waals surface area contributed by atoms with E-state index in [0.29, 0.717) is 11.5 Å². The zero-order valence-electron chi connectivity index (χ0n) is 14.3. The van der Waals surface area contributed by atoms with Crippen molar-refractivity contribution in [1.29, 1.82) is 0 Å². The average Bonchev–Trinajstić information content (AvgIpc) is 2.21. The molecule has 0 heterocycles. The van der Waals surface area contributed by atoms with Crippen molar-refractivity contribution >= 4 is 0 Å². The fraction of sp³-hybridized carbons (Fsp3) is 1.00. The van der Waals surface area contributed by atoms with E-state index in [1.807, 2.05) is 0 Å². The molecule has 4 atom stereocenters. The molecule has 0 aromatic rings. The second-order valence-electron chi connectivity index (χ2n) is 8.14. The van der Waals surface area contributed by atoms with E-state index in [1.54, 1.807) is 0 Å². The predicted molar refractivity (Wildman–Crippen MR) is 85.5 cm³/mol. The summed E-state index contributed by atoms with van der Waals surface area (Å²) >= 11 is 0. The van der Waals surface area contributed by atoms with Gasteiger partial charge in [-0.15, -0.1) is 0 Å². The molecule has 1 aliphatic rings. The lowest BCUT2D eigenvalue weighted by Crippen LogP contribution is -2.49. The first kappa shape index (κ1) is 17.0. The molecule has 114 valence electrons. The quantitative estimate of drug-likeness (QED) is 0.819. The largest absolute Gasteiger partial charge is 0.314 e. The minimum atomic E-state index is 0.396. The fourth-order valence-electron chi connectivity index (χ4n) is 3.95. The maximum absolute atomic E-state index is 3.74. The summed E-state index contributed by atoms with van der Waals surface area (Å²) in [6.45, 7) is 17.6. The van der Waals surface area contributed by atoms with Crippen molar-refractivity contribution in [3.8, 4) is 0 Å². The Morgan fingerprint density at radius 1 is 1.16 bits per heavy atom. The summed E-state index contributed by atoms with van der Waals surface area (Å²) in [6.07, 6.45) is 2.75. The average molecular weight is 268 g/mol. The highest BCUT2D eigenvalue weighted by atomic mass is 15.1. The molecule has 0 aromatic heterocycles. The Balaban J connectivity index is 2.60. The molecule has 0 saturated heterocycles. The smallest absolute Gasteiger partial charge is 0.0112 e. The van der Waals surface area contributed by atoms with Gasteiger partial charge in [-0.1, -0.05) is 41.5 Å². The van der Waals surface area contributed by atoms with Crippen LogP contribution in [0.1, 0.15) is 54.4 Å². The molecule has 0 spiro atoms. The summed E-state index contributed by atoms with van der Waals surface area (Å²) in [7, 11) is 2.29. The van der Waals surface area contributed by atoms with Crippen LogP contribution in [0.15, 0.2) is 0 Å². The number of hydrogen-bond donors (Lipinski definition) is 1. The molecular formula is C17H36N2. The second kappa shape index (κ2) is 7.08. The Morgan fingerprint density at radius 2 is 1.79 bits per heavy atom. The molecule has 19 heavy (non-hydrogen) atoms. The van der Waals surface area contributed by atoms with Crippen molar-refractivity contribution in [2.45, 2.75) is 60.4 Å². The molecule has 1 rings (SSSR count). The van der Waals surface area contributed by atoms with Gasteiger partial charge in [0.15, 0.2) is 0 Å². The van der Waals surface area contributed by atoms with Gasteiger partial charge < -0.3 is 10.2 Å². The van der Waals surface area contributed by atoms with Gasteiger partial charge >= 0.3 is 0 Å². The van der Waals surface area contributed by atoms with Crippen molar-refractivity contribution in [3.05, 3.63) is 0 Å². The Morgan fingerprint density at radius 3 is 2.32 bits per heavy atom. The first-order valence-electron chi connectivity index (χ1n) is 8.15. The van der Waals surface area contributed by atoms with E-state index < -0.39 is 0 Å². The van der Waals surface area contributed by atoms with Gasteiger partial charge in [0.25, 0.3) is 0 Å². The Labute approximate surface area is 121 Å². The summed E-state index contributed by atoms with van der Waals surface area (Å²) in [5, 5.41) is 3.74. The van der Waals surface area contributed by atoms with Crippen molar-refractivity contribution in [2.75, 3.05) is 26.7 Å². The standard InChI is InChI=1S/C17H36N2/c1-8-18-16-10-13(2)9-14(3)15(16)11-19(7)12-17(4,5)6/h13-16,18H,8-12H2,1-7H3. The summed E-state index contributed by atoms with van der Waals surface area (Å²) in [5.74, 6) is 2.53. The second-order valence-corrected chi connectivity index (χ2v) is 8.14. The fourth-order valence-corrected chi connectivity index (χ4v) is 3.95. The van der Waals surface area contributed by atoms with E-state index >= 15 is 0 Å². The van der Waals surface area contributed by atoms with Gasteiger partial charge in [-0.3, -0.25) is 0 Å². The molecule has 1 saturated carbocycles. The first-order valence-corrected chi connectivity index (χ1v) is 8.15. The van der Waals surface area contributed by atoms with E-state index in [4.69, 9.17) is 0 Å². The molecule has 2 nitrogen and oxygen atoms in total. The molecule has 0 bridgehead atoms. The van der Waals surface area contributed by atoms with Crippen LogP contribution in [-0.2, 0) is 0 Å². The molecular weight excluding hydrogens is 232 g/mol. The van der Waals surface area contributed by atoms with Crippen LogP contribution in [0.3, 0.4) is 0 Å². The molecule has 2 heteroatoms. The van der Waals surface area contributed by atoms with E-state index in [0.717, 1.165) is 24.3 Å². The van der Waals surface area contributed by atoms with Crippen LogP contribution in [0.2, 0.25) is 0 Å². The van der Waals surface area contributed by atoms with Crippen LogP contribution < -0.4 is 5.32 Å². The molecule has 1 aliphatic carbocycles. The first-order chi connectivity index (χ1) is 8.73. The maximum atomic E-state index is 3.74. The van der Waals surface area contributed by atoms with Gasteiger partial charge in [-0.25, -0.2) is 0 Å². The third-order valence-corrected chi connectivity index (χ3v) is 4.41. The predicted octanol–water partition coefficient (Wildman–Crippen LogP) is 3.62. The number of nitrogens with zero attached hydrogens (tertiary/aromatic N) is 1. The van der Waals surface area contributed by atoms with Gasteiger partial charge in [-0.05, 0) is 49.6 Å². The number of rotatable bonds is 5. The van der Waals surface area contributed by atoms with Crippen molar-refractivity contribution in [1.82, 2.24) is 10.2 Å². The highest BCUT2D eigenvalue weighted by Gasteiger charge is 2.34. The Hall–Kier alpha value is -0.0800. The van der Waals surface area contributed by atoms with Gasteiger partial charge in [-0.2, -0.15) is 0 Å². The van der Waals surface area contributed by atoms with Gasteiger partial charge in [0.1, 0.15) is 0 Å². The maximum Gasteiger partial charge on any atom is 0.0112 e. The van der Waals surface area contributed by atoms with E-state index in [2.05, 4.69) is 58.8 Å². The SMILES string of the molecule is CCNC1CC(C)CC(C)C1CN(C)CC(C)(C)C. The van der Waals surface area contributed by atoms with Gasteiger partial charge in [0.2, 0.25) is 0 Å². The molecule has 0 radical (unpaired) electrons. The molecule has 0 aliphatic heterocycles. The Bertz CT molecular complexity index is 256. The van der Waals surface area contributed by atoms with Crippen molar-refractivity contribution < 1.29 is 0 Å². The molecule has 0 amide bonds. The summed E-state index contributed by atoms with van der Waals surface area (Å²) in [5.41, 5.74) is 0.396. The van der Waals surface area contributed by atoms with Crippen LogP contribution in [0.4, 0.5) is 0 Å². The topological polar surface area (TPSA) is 15.3 Å². The van der Waals surface area contributed by atoms with Crippen molar-refractivity contribution in [2.24, 2.45) is 23.2 Å². The number of hydrogen-bond acceptors (Lipinski definition) is 2. The summed E-state index contributed by atoms with van der Waals surface area (Å²) in [4.78, 5) is 2.54. The molecule has 4 unspecified atom stereocenters. The number of nitrogens with one attached hydrogen (secondary N) is 1. The minimum absolute atomic E-state index is 0.396. The highest BCUT2D eigenvalue weighted by molar-refractivity contribution is 4.89.